The standard InChI is InChI=1S/C28H32N4O5S2.ClH/c1-6-32(21-10-8-7-9-11-21)39(34,35)22-14-12-20(13-15-22)27(33)31(19-18-30(2)3)28-29-25-23(36-4)16-17-24(37-5)26(25)38-28;/h7-17H,6,18-19H2,1-5H3;1H. The van der Waals surface area contributed by atoms with Crippen LogP contribution in [-0.2, 0) is 10.0 Å². The minimum absolute atomic E-state index is 0. The lowest BCUT2D eigenvalue weighted by molar-refractivity contribution is 0.0985. The highest BCUT2D eigenvalue weighted by atomic mass is 35.5. The van der Waals surface area contributed by atoms with Crippen molar-refractivity contribution in [2.75, 3.05) is 57.2 Å². The Labute approximate surface area is 245 Å². The number of benzene rings is 3. The van der Waals surface area contributed by atoms with E-state index in [0.717, 1.165) is 4.70 Å². The number of aromatic nitrogens is 1. The lowest BCUT2D eigenvalue weighted by Crippen LogP contribution is -2.36. The molecule has 0 spiro atoms. The van der Waals surface area contributed by atoms with Crippen LogP contribution in [0.25, 0.3) is 10.2 Å². The van der Waals surface area contributed by atoms with E-state index in [2.05, 4.69) is 0 Å². The maximum Gasteiger partial charge on any atom is 0.264 e. The summed E-state index contributed by atoms with van der Waals surface area (Å²) in [6.07, 6.45) is 0. The molecule has 0 aliphatic heterocycles. The van der Waals surface area contributed by atoms with Crippen molar-refractivity contribution in [2.45, 2.75) is 11.8 Å². The molecule has 0 atom stereocenters. The molecule has 1 amide bonds. The van der Waals surface area contributed by atoms with Gasteiger partial charge in [-0.25, -0.2) is 13.4 Å². The SMILES string of the molecule is CCN(c1ccccc1)S(=O)(=O)c1ccc(C(=O)N(CCN(C)C)c2nc3c(OC)ccc(OC)c3s2)cc1.Cl. The number of halogens is 1. The molecule has 0 radical (unpaired) electrons. The Morgan fingerprint density at radius 3 is 2.10 bits per heavy atom. The van der Waals surface area contributed by atoms with Crippen LogP contribution in [0.15, 0.2) is 71.6 Å². The molecule has 4 aromatic rings. The van der Waals surface area contributed by atoms with Crippen LogP contribution in [0.3, 0.4) is 0 Å². The van der Waals surface area contributed by atoms with Crippen molar-refractivity contribution in [1.82, 2.24) is 9.88 Å². The van der Waals surface area contributed by atoms with Gasteiger partial charge in [-0.05, 0) is 69.6 Å². The van der Waals surface area contributed by atoms with Crippen LogP contribution in [0.1, 0.15) is 17.3 Å². The topological polar surface area (TPSA) is 92.3 Å². The van der Waals surface area contributed by atoms with Crippen molar-refractivity contribution in [3.05, 3.63) is 72.3 Å². The number of para-hydroxylation sites is 1. The van der Waals surface area contributed by atoms with Crippen molar-refractivity contribution < 1.29 is 22.7 Å². The van der Waals surface area contributed by atoms with Crippen LogP contribution in [0, 0.1) is 0 Å². The van der Waals surface area contributed by atoms with Gasteiger partial charge in [-0.2, -0.15) is 0 Å². The molecule has 0 saturated heterocycles. The second-order valence-electron chi connectivity index (χ2n) is 8.93. The van der Waals surface area contributed by atoms with Crippen LogP contribution < -0.4 is 18.7 Å². The Morgan fingerprint density at radius 1 is 0.900 bits per heavy atom. The van der Waals surface area contributed by atoms with Crippen molar-refractivity contribution in [3.63, 3.8) is 0 Å². The zero-order chi connectivity index (χ0) is 28.2. The van der Waals surface area contributed by atoms with Gasteiger partial charge in [0.15, 0.2) is 5.13 Å². The molecule has 0 aliphatic carbocycles. The number of fused-ring (bicyclic) bond motifs is 1. The molecule has 0 fully saturated rings. The summed E-state index contributed by atoms with van der Waals surface area (Å²) in [4.78, 5) is 22.2. The van der Waals surface area contributed by atoms with Crippen LogP contribution in [-0.4, -0.2) is 72.2 Å². The molecule has 0 saturated carbocycles. The molecule has 3 aromatic carbocycles. The number of nitrogens with zero attached hydrogens (tertiary/aromatic N) is 4. The van der Waals surface area contributed by atoms with Crippen molar-refractivity contribution in [3.8, 4) is 11.5 Å². The Balaban J connectivity index is 0.00000441. The van der Waals surface area contributed by atoms with Gasteiger partial charge in [-0.1, -0.05) is 29.5 Å². The zero-order valence-corrected chi connectivity index (χ0v) is 25.5. The van der Waals surface area contributed by atoms with Gasteiger partial charge in [0.25, 0.3) is 15.9 Å². The van der Waals surface area contributed by atoms with E-state index in [1.54, 1.807) is 68.5 Å². The number of carbonyl (C=O) groups excluding carboxylic acids is 1. The highest BCUT2D eigenvalue weighted by Crippen LogP contribution is 2.40. The number of methoxy groups -OCH3 is 2. The van der Waals surface area contributed by atoms with E-state index < -0.39 is 10.0 Å². The number of sulfonamides is 1. The Hall–Kier alpha value is -3.38. The predicted molar refractivity (Wildman–Crippen MR) is 163 cm³/mol. The van der Waals surface area contributed by atoms with Gasteiger partial charge in [0, 0.05) is 25.2 Å². The van der Waals surface area contributed by atoms with E-state index in [4.69, 9.17) is 14.5 Å². The number of thiazole rings is 1. The summed E-state index contributed by atoms with van der Waals surface area (Å²) in [5, 5.41) is 0.498. The largest absolute Gasteiger partial charge is 0.495 e. The molecule has 12 heteroatoms. The minimum atomic E-state index is -3.81. The molecule has 1 heterocycles. The van der Waals surface area contributed by atoms with E-state index in [0.29, 0.717) is 46.5 Å². The van der Waals surface area contributed by atoms with Gasteiger partial charge in [0.1, 0.15) is 21.7 Å². The molecule has 1 aromatic heterocycles. The number of hydrogen-bond donors (Lipinski definition) is 0. The first kappa shape index (κ1) is 31.2. The van der Waals surface area contributed by atoms with E-state index in [9.17, 15) is 13.2 Å². The number of hydrogen-bond acceptors (Lipinski definition) is 8. The highest BCUT2D eigenvalue weighted by Gasteiger charge is 2.26. The van der Waals surface area contributed by atoms with Crippen molar-refractivity contribution in [2.24, 2.45) is 0 Å². The molecule has 0 unspecified atom stereocenters. The molecule has 40 heavy (non-hydrogen) atoms. The Morgan fingerprint density at radius 2 is 1.52 bits per heavy atom. The van der Waals surface area contributed by atoms with Crippen LogP contribution in [0.5, 0.6) is 11.5 Å². The summed E-state index contributed by atoms with van der Waals surface area (Å²) in [5.41, 5.74) is 1.55. The van der Waals surface area contributed by atoms with Gasteiger partial charge in [-0.15, -0.1) is 12.4 Å². The highest BCUT2D eigenvalue weighted by molar-refractivity contribution is 7.92. The molecule has 9 nitrogen and oxygen atoms in total. The van der Waals surface area contributed by atoms with Gasteiger partial charge in [-0.3, -0.25) is 14.0 Å². The summed E-state index contributed by atoms with van der Waals surface area (Å²) in [6, 6.07) is 18.6. The van der Waals surface area contributed by atoms with E-state index in [1.807, 2.05) is 31.1 Å². The van der Waals surface area contributed by atoms with Crippen LogP contribution in [0.4, 0.5) is 10.8 Å². The fourth-order valence-electron chi connectivity index (χ4n) is 4.11. The summed E-state index contributed by atoms with van der Waals surface area (Å²) in [5.74, 6) is 0.943. The van der Waals surface area contributed by atoms with Crippen molar-refractivity contribution >= 4 is 60.7 Å². The second kappa shape index (κ2) is 13.3. The van der Waals surface area contributed by atoms with Crippen molar-refractivity contribution in [1.29, 1.82) is 0 Å². The first-order chi connectivity index (χ1) is 18.7. The normalized spacial score (nSPS) is 11.2. The fourth-order valence-corrected chi connectivity index (χ4v) is 6.68. The molecule has 0 aliphatic rings. The minimum Gasteiger partial charge on any atom is -0.495 e. The molecule has 0 bridgehead atoms. The van der Waals surface area contributed by atoms with E-state index in [-0.39, 0.29) is 29.8 Å². The van der Waals surface area contributed by atoms with Crippen LogP contribution >= 0.6 is 23.7 Å². The summed E-state index contributed by atoms with van der Waals surface area (Å²) >= 11 is 1.34. The molecule has 4 rings (SSSR count). The average Bonchev–Trinajstić information content (AvgIpc) is 3.38. The lowest BCUT2D eigenvalue weighted by atomic mass is 10.2. The smallest absolute Gasteiger partial charge is 0.264 e. The molecular formula is C28H33ClN4O5S2. The summed E-state index contributed by atoms with van der Waals surface area (Å²) in [7, 11) is 3.21. The second-order valence-corrected chi connectivity index (χ2v) is 11.8. The number of ether oxygens (including phenoxy) is 2. The Bertz CT molecular complexity index is 1500. The molecular weight excluding hydrogens is 572 g/mol. The average molecular weight is 605 g/mol. The quantitative estimate of drug-likeness (QED) is 0.233. The predicted octanol–water partition coefficient (Wildman–Crippen LogP) is 5.16. The number of amides is 1. The number of likely N-dealkylation sites (N-methyl/N-ethyl adjacent to an activating group) is 1. The van der Waals surface area contributed by atoms with E-state index in [1.165, 1.54) is 27.8 Å². The monoisotopic (exact) mass is 604 g/mol. The number of carbonyl (C=O) groups is 1. The van der Waals surface area contributed by atoms with Gasteiger partial charge in [0.05, 0.1) is 24.8 Å². The van der Waals surface area contributed by atoms with Crippen LogP contribution in [0.2, 0.25) is 0 Å². The number of rotatable bonds is 11. The lowest BCUT2D eigenvalue weighted by Gasteiger charge is -2.24. The summed E-state index contributed by atoms with van der Waals surface area (Å²) < 4.78 is 39.9. The van der Waals surface area contributed by atoms with Gasteiger partial charge < -0.3 is 14.4 Å². The molecule has 214 valence electrons. The first-order valence-corrected chi connectivity index (χ1v) is 14.6. The third-order valence-corrected chi connectivity index (χ3v) is 9.18. The first-order valence-electron chi connectivity index (χ1n) is 12.4. The van der Waals surface area contributed by atoms with Gasteiger partial charge >= 0.3 is 0 Å². The maximum absolute atomic E-state index is 13.8. The zero-order valence-electron chi connectivity index (χ0n) is 23.0. The Kier molecular flexibility index (Phi) is 10.4. The third kappa shape index (κ3) is 6.33. The van der Waals surface area contributed by atoms with Gasteiger partial charge in [0.2, 0.25) is 0 Å². The number of anilines is 2. The van der Waals surface area contributed by atoms with E-state index >= 15 is 0 Å². The fraction of sp³-hybridized carbons (Fsp3) is 0.286. The summed E-state index contributed by atoms with van der Waals surface area (Å²) in [6.45, 7) is 3.04. The maximum atomic E-state index is 13.8. The molecule has 0 N–H and O–H groups in total. The third-order valence-electron chi connectivity index (χ3n) is 6.17.